The summed E-state index contributed by atoms with van der Waals surface area (Å²) in [5.74, 6) is 0.290. The predicted molar refractivity (Wildman–Crippen MR) is 69.9 cm³/mol. The van der Waals surface area contributed by atoms with Crippen molar-refractivity contribution >= 4 is 23.3 Å². The molecule has 0 aliphatic heterocycles. The predicted octanol–water partition coefficient (Wildman–Crippen LogP) is 3.14. The van der Waals surface area contributed by atoms with Crippen molar-refractivity contribution in [3.8, 4) is 0 Å². The third kappa shape index (κ3) is 3.67. The number of rotatable bonds is 3. The first-order valence-electron chi connectivity index (χ1n) is 5.51. The molecule has 1 amide bonds. The van der Waals surface area contributed by atoms with Crippen LogP contribution in [0.4, 0.5) is 26.4 Å². The van der Waals surface area contributed by atoms with Crippen molar-refractivity contribution in [1.29, 1.82) is 0 Å². The number of anilines is 3. The largest absolute Gasteiger partial charge is 0.453 e. The molecule has 2 N–H and O–H groups in total. The van der Waals surface area contributed by atoms with Crippen LogP contribution in [0.15, 0.2) is 42.6 Å². The van der Waals surface area contributed by atoms with E-state index in [-0.39, 0.29) is 5.82 Å². The van der Waals surface area contributed by atoms with Gasteiger partial charge in [0, 0.05) is 5.69 Å². The molecule has 0 spiro atoms. The van der Waals surface area contributed by atoms with Crippen LogP contribution < -0.4 is 10.6 Å². The number of pyridine rings is 1. The fourth-order valence-electron chi connectivity index (χ4n) is 1.39. The molecule has 5 nitrogen and oxygen atoms in total. The molecule has 1 aromatic heterocycles. The Kier molecular flexibility index (Phi) is 3.92. The van der Waals surface area contributed by atoms with Gasteiger partial charge in [0.1, 0.15) is 11.6 Å². The normalized spacial score (nSPS) is 9.79. The molecule has 19 heavy (non-hydrogen) atoms. The number of benzene rings is 1. The van der Waals surface area contributed by atoms with E-state index in [4.69, 9.17) is 0 Å². The zero-order valence-electron chi connectivity index (χ0n) is 10.2. The Morgan fingerprint density at radius 2 is 1.84 bits per heavy atom. The van der Waals surface area contributed by atoms with Gasteiger partial charge in [-0.05, 0) is 36.4 Å². The molecule has 2 aromatic rings. The molecule has 0 fully saturated rings. The number of halogens is 1. The Balaban J connectivity index is 2.02. The first-order valence-corrected chi connectivity index (χ1v) is 5.51. The number of nitrogens with one attached hydrogen (secondary N) is 2. The molecule has 1 heterocycles. The van der Waals surface area contributed by atoms with Crippen LogP contribution in [0.5, 0.6) is 0 Å². The van der Waals surface area contributed by atoms with E-state index in [0.717, 1.165) is 5.69 Å². The van der Waals surface area contributed by atoms with Crippen LogP contribution in [0.2, 0.25) is 0 Å². The van der Waals surface area contributed by atoms with Crippen molar-refractivity contribution in [3.63, 3.8) is 0 Å². The van der Waals surface area contributed by atoms with Gasteiger partial charge in [0.15, 0.2) is 0 Å². The van der Waals surface area contributed by atoms with Gasteiger partial charge in [-0.3, -0.25) is 5.32 Å². The lowest BCUT2D eigenvalue weighted by Crippen LogP contribution is -2.11. The van der Waals surface area contributed by atoms with Crippen molar-refractivity contribution in [1.82, 2.24) is 4.98 Å². The van der Waals surface area contributed by atoms with E-state index < -0.39 is 6.09 Å². The highest BCUT2D eigenvalue weighted by molar-refractivity contribution is 5.84. The molecule has 0 unspecified atom stereocenters. The van der Waals surface area contributed by atoms with E-state index in [2.05, 4.69) is 20.4 Å². The van der Waals surface area contributed by atoms with Crippen LogP contribution in [0.3, 0.4) is 0 Å². The first kappa shape index (κ1) is 12.8. The van der Waals surface area contributed by atoms with Crippen molar-refractivity contribution in [2.24, 2.45) is 0 Å². The van der Waals surface area contributed by atoms with Crippen molar-refractivity contribution in [2.45, 2.75) is 0 Å². The zero-order chi connectivity index (χ0) is 13.7. The third-order valence-corrected chi connectivity index (χ3v) is 2.31. The average Bonchev–Trinajstić information content (AvgIpc) is 2.43. The Bertz CT molecular complexity index is 555. The topological polar surface area (TPSA) is 63.2 Å². The van der Waals surface area contributed by atoms with Crippen LogP contribution in [0.25, 0.3) is 0 Å². The standard InChI is InChI=1S/C13H12FN3O2/c1-19-13(18)17-11-6-7-12(15-8-11)16-10-4-2-9(14)3-5-10/h2-8H,1H3,(H,15,16)(H,17,18). The summed E-state index contributed by atoms with van der Waals surface area (Å²) in [5.41, 5.74) is 1.25. The number of amides is 1. The van der Waals surface area contributed by atoms with E-state index in [0.29, 0.717) is 11.5 Å². The summed E-state index contributed by atoms with van der Waals surface area (Å²) in [4.78, 5) is 15.1. The molecule has 98 valence electrons. The Labute approximate surface area is 109 Å². The second-order valence-corrected chi connectivity index (χ2v) is 3.68. The average molecular weight is 261 g/mol. The Hall–Kier alpha value is -2.63. The van der Waals surface area contributed by atoms with Gasteiger partial charge in [0.05, 0.1) is 19.0 Å². The zero-order valence-corrected chi connectivity index (χ0v) is 10.2. The number of nitrogens with zero attached hydrogens (tertiary/aromatic N) is 1. The van der Waals surface area contributed by atoms with Gasteiger partial charge in [-0.15, -0.1) is 0 Å². The summed E-state index contributed by atoms with van der Waals surface area (Å²) < 4.78 is 17.2. The van der Waals surface area contributed by atoms with Crippen molar-refractivity contribution < 1.29 is 13.9 Å². The molecule has 6 heteroatoms. The smallest absolute Gasteiger partial charge is 0.411 e. The van der Waals surface area contributed by atoms with E-state index in [9.17, 15) is 9.18 Å². The van der Waals surface area contributed by atoms with Crippen LogP contribution >= 0.6 is 0 Å². The van der Waals surface area contributed by atoms with Gasteiger partial charge >= 0.3 is 6.09 Å². The summed E-state index contributed by atoms with van der Waals surface area (Å²) in [5, 5.41) is 5.49. The quantitative estimate of drug-likeness (QED) is 0.890. The lowest BCUT2D eigenvalue weighted by Gasteiger charge is -2.07. The number of hydrogen-bond acceptors (Lipinski definition) is 4. The molecular weight excluding hydrogens is 249 g/mol. The number of hydrogen-bond donors (Lipinski definition) is 2. The molecular formula is C13H12FN3O2. The second-order valence-electron chi connectivity index (χ2n) is 3.68. The molecule has 0 atom stereocenters. The number of methoxy groups -OCH3 is 1. The van der Waals surface area contributed by atoms with Crippen LogP contribution in [-0.4, -0.2) is 18.2 Å². The van der Waals surface area contributed by atoms with Crippen molar-refractivity contribution in [3.05, 3.63) is 48.4 Å². The Morgan fingerprint density at radius 1 is 1.16 bits per heavy atom. The summed E-state index contributed by atoms with van der Waals surface area (Å²) in [6.45, 7) is 0. The van der Waals surface area contributed by atoms with Gasteiger partial charge < -0.3 is 10.1 Å². The molecule has 0 saturated carbocycles. The second kappa shape index (κ2) is 5.81. The summed E-state index contributed by atoms with van der Waals surface area (Å²) >= 11 is 0. The fourth-order valence-corrected chi connectivity index (χ4v) is 1.39. The van der Waals surface area contributed by atoms with Gasteiger partial charge in [-0.2, -0.15) is 0 Å². The maximum Gasteiger partial charge on any atom is 0.411 e. The minimum Gasteiger partial charge on any atom is -0.453 e. The summed E-state index contributed by atoms with van der Waals surface area (Å²) in [6.07, 6.45) is 0.934. The highest BCUT2D eigenvalue weighted by Crippen LogP contribution is 2.16. The monoisotopic (exact) mass is 261 g/mol. The van der Waals surface area contributed by atoms with Gasteiger partial charge in [-0.1, -0.05) is 0 Å². The van der Waals surface area contributed by atoms with Crippen LogP contribution in [0, 0.1) is 5.82 Å². The van der Waals surface area contributed by atoms with Crippen LogP contribution in [0.1, 0.15) is 0 Å². The maximum atomic E-state index is 12.7. The maximum absolute atomic E-state index is 12.7. The number of aromatic nitrogens is 1. The summed E-state index contributed by atoms with van der Waals surface area (Å²) in [7, 11) is 1.28. The minimum atomic E-state index is -0.555. The molecule has 0 radical (unpaired) electrons. The molecule has 0 saturated heterocycles. The van der Waals surface area contributed by atoms with E-state index in [1.54, 1.807) is 24.3 Å². The van der Waals surface area contributed by atoms with E-state index >= 15 is 0 Å². The molecule has 2 rings (SSSR count). The lowest BCUT2D eigenvalue weighted by atomic mass is 10.3. The molecule has 0 bridgehead atoms. The number of carbonyl (C=O) groups is 1. The number of ether oxygens (including phenoxy) is 1. The van der Waals surface area contributed by atoms with E-state index in [1.165, 1.54) is 25.4 Å². The Morgan fingerprint density at radius 3 is 2.42 bits per heavy atom. The minimum absolute atomic E-state index is 0.295. The SMILES string of the molecule is COC(=O)Nc1ccc(Nc2ccc(F)cc2)nc1. The highest BCUT2D eigenvalue weighted by atomic mass is 19.1. The molecule has 0 aliphatic carbocycles. The molecule has 1 aromatic carbocycles. The van der Waals surface area contributed by atoms with Crippen molar-refractivity contribution in [2.75, 3.05) is 17.7 Å². The van der Waals surface area contributed by atoms with Crippen LogP contribution in [-0.2, 0) is 4.74 Å². The van der Waals surface area contributed by atoms with Gasteiger partial charge in [-0.25, -0.2) is 14.2 Å². The van der Waals surface area contributed by atoms with Gasteiger partial charge in [0.2, 0.25) is 0 Å². The summed E-state index contributed by atoms with van der Waals surface area (Å²) in [6, 6.07) is 9.30. The fraction of sp³-hybridized carbons (Fsp3) is 0.0769. The van der Waals surface area contributed by atoms with Gasteiger partial charge in [0.25, 0.3) is 0 Å². The number of carbonyl (C=O) groups excluding carboxylic acids is 1. The highest BCUT2D eigenvalue weighted by Gasteiger charge is 2.01. The first-order chi connectivity index (χ1) is 9.17. The molecule has 0 aliphatic rings. The third-order valence-electron chi connectivity index (χ3n) is 2.31. The van der Waals surface area contributed by atoms with E-state index in [1.807, 2.05) is 0 Å². The lowest BCUT2D eigenvalue weighted by molar-refractivity contribution is 0.187.